The second-order valence-electron chi connectivity index (χ2n) is 4.95. The molecular weight excluding hydrogens is 400 g/mol. The first-order chi connectivity index (χ1) is 11.9. The molecule has 0 bridgehead atoms. The van der Waals surface area contributed by atoms with Gasteiger partial charge in [-0.15, -0.1) is 0 Å². The van der Waals surface area contributed by atoms with Crippen LogP contribution in [0.1, 0.15) is 17.8 Å². The number of alkyl halides is 2. The van der Waals surface area contributed by atoms with Crippen LogP contribution in [-0.4, -0.2) is 19.5 Å². The largest absolute Gasteiger partial charge is 0.308 e. The van der Waals surface area contributed by atoms with E-state index in [-0.39, 0.29) is 33.4 Å². The third-order valence-electron chi connectivity index (χ3n) is 3.31. The van der Waals surface area contributed by atoms with Gasteiger partial charge in [0.15, 0.2) is 0 Å². The van der Waals surface area contributed by atoms with Crippen molar-refractivity contribution in [2.24, 2.45) is 0 Å². The van der Waals surface area contributed by atoms with Gasteiger partial charge < -0.3 is 4.57 Å². The van der Waals surface area contributed by atoms with Crippen LogP contribution in [0.2, 0.25) is 15.3 Å². The van der Waals surface area contributed by atoms with Crippen molar-refractivity contribution in [2.75, 3.05) is 0 Å². The molecule has 0 atom stereocenters. The van der Waals surface area contributed by atoms with Gasteiger partial charge in [-0.1, -0.05) is 34.8 Å². The molecule has 0 saturated carbocycles. The van der Waals surface area contributed by atoms with E-state index in [2.05, 4.69) is 15.0 Å². The Balaban J connectivity index is 2.11. The molecule has 25 heavy (non-hydrogen) atoms. The second-order valence-corrected chi connectivity index (χ2v) is 6.10. The molecule has 3 aromatic heterocycles. The maximum absolute atomic E-state index is 13.2. The van der Waals surface area contributed by atoms with Crippen molar-refractivity contribution in [2.45, 2.75) is 13.0 Å². The fourth-order valence-corrected chi connectivity index (χ4v) is 2.76. The first kappa shape index (κ1) is 18.0. The van der Waals surface area contributed by atoms with Crippen molar-refractivity contribution in [3.05, 3.63) is 63.1 Å². The molecule has 0 amide bonds. The Labute approximate surface area is 155 Å². The molecule has 0 N–H and O–H groups in total. The van der Waals surface area contributed by atoms with Gasteiger partial charge in [-0.3, -0.25) is 4.98 Å². The molecule has 0 spiro atoms. The Bertz CT molecular complexity index is 913. The van der Waals surface area contributed by atoms with Gasteiger partial charge in [0.1, 0.15) is 27.6 Å². The highest BCUT2D eigenvalue weighted by molar-refractivity contribution is 6.31. The van der Waals surface area contributed by atoms with E-state index in [1.807, 2.05) is 0 Å². The maximum Gasteiger partial charge on any atom is 0.283 e. The van der Waals surface area contributed by atoms with Crippen molar-refractivity contribution in [3.63, 3.8) is 0 Å². The van der Waals surface area contributed by atoms with Gasteiger partial charge >= 0.3 is 0 Å². The number of hydrogen-bond acceptors (Lipinski definition) is 3. The van der Waals surface area contributed by atoms with E-state index >= 15 is 0 Å². The van der Waals surface area contributed by atoms with E-state index < -0.39 is 17.9 Å². The van der Waals surface area contributed by atoms with Gasteiger partial charge in [0.2, 0.25) is 0 Å². The molecule has 130 valence electrons. The summed E-state index contributed by atoms with van der Waals surface area (Å²) in [5.74, 6) is -0.465. The lowest BCUT2D eigenvalue weighted by Gasteiger charge is -2.10. The number of nitrogens with zero attached hydrogens (tertiary/aromatic N) is 4. The Morgan fingerprint density at radius 3 is 2.44 bits per heavy atom. The molecule has 3 heterocycles. The normalized spacial score (nSPS) is 11.3. The number of halogens is 6. The Morgan fingerprint density at radius 1 is 1.08 bits per heavy atom. The van der Waals surface area contributed by atoms with Gasteiger partial charge in [-0.25, -0.2) is 23.1 Å². The minimum atomic E-state index is -2.87. The summed E-state index contributed by atoms with van der Waals surface area (Å²) in [5.41, 5.74) is 0.104. The highest BCUT2D eigenvalue weighted by Gasteiger charge is 2.24. The van der Waals surface area contributed by atoms with Crippen LogP contribution in [-0.2, 0) is 6.54 Å². The first-order valence-corrected chi connectivity index (χ1v) is 7.96. The van der Waals surface area contributed by atoms with E-state index in [0.29, 0.717) is 5.56 Å². The van der Waals surface area contributed by atoms with Crippen LogP contribution in [0.3, 0.4) is 0 Å². The van der Waals surface area contributed by atoms with Gasteiger partial charge in [0.05, 0.1) is 23.5 Å². The number of aromatic nitrogens is 4. The number of imidazole rings is 1. The quantitative estimate of drug-likeness (QED) is 0.542. The molecule has 0 aliphatic carbocycles. The third kappa shape index (κ3) is 3.73. The van der Waals surface area contributed by atoms with Gasteiger partial charge in [0.25, 0.3) is 6.43 Å². The average molecular weight is 408 g/mol. The van der Waals surface area contributed by atoms with Crippen LogP contribution in [0.5, 0.6) is 0 Å². The molecule has 4 nitrogen and oxygen atoms in total. The third-order valence-corrected chi connectivity index (χ3v) is 4.26. The topological polar surface area (TPSA) is 43.6 Å². The average Bonchev–Trinajstić information content (AvgIpc) is 2.88. The zero-order valence-corrected chi connectivity index (χ0v) is 14.5. The first-order valence-electron chi connectivity index (χ1n) is 6.82. The number of rotatable bonds is 4. The lowest BCUT2D eigenvalue weighted by atomic mass is 10.2. The van der Waals surface area contributed by atoms with Crippen LogP contribution < -0.4 is 0 Å². The molecule has 0 aromatic carbocycles. The molecule has 0 radical (unpaired) electrons. The molecule has 0 fully saturated rings. The molecule has 3 aromatic rings. The zero-order chi connectivity index (χ0) is 18.1. The highest BCUT2D eigenvalue weighted by atomic mass is 35.5. The SMILES string of the molecule is Fc1cnc(Cn2c(-c3ccc(Cl)nc3)nc(C(F)F)c2Cl)c(Cl)c1. The minimum absolute atomic E-state index is 0.0449. The van der Waals surface area contributed by atoms with Gasteiger partial charge in [-0.2, -0.15) is 0 Å². The lowest BCUT2D eigenvalue weighted by Crippen LogP contribution is -2.05. The number of hydrogen-bond donors (Lipinski definition) is 0. The maximum atomic E-state index is 13.2. The predicted molar refractivity (Wildman–Crippen MR) is 88.7 cm³/mol. The summed E-state index contributed by atoms with van der Waals surface area (Å²) in [7, 11) is 0. The fourth-order valence-electron chi connectivity index (χ4n) is 2.17. The second kappa shape index (κ2) is 7.19. The van der Waals surface area contributed by atoms with Crippen molar-refractivity contribution < 1.29 is 13.2 Å². The molecule has 0 saturated heterocycles. The van der Waals surface area contributed by atoms with E-state index in [4.69, 9.17) is 34.8 Å². The zero-order valence-electron chi connectivity index (χ0n) is 12.2. The van der Waals surface area contributed by atoms with E-state index in [1.54, 1.807) is 6.07 Å². The van der Waals surface area contributed by atoms with E-state index in [9.17, 15) is 13.2 Å². The Hall–Kier alpha value is -1.83. The fraction of sp³-hybridized carbons (Fsp3) is 0.133. The summed E-state index contributed by atoms with van der Waals surface area (Å²) < 4.78 is 40.8. The van der Waals surface area contributed by atoms with Crippen molar-refractivity contribution in [1.82, 2.24) is 19.5 Å². The molecule has 3 rings (SSSR count). The molecule has 0 aliphatic heterocycles. The van der Waals surface area contributed by atoms with Gasteiger partial charge in [0, 0.05) is 11.8 Å². The van der Waals surface area contributed by atoms with Crippen LogP contribution in [0.25, 0.3) is 11.4 Å². The smallest absolute Gasteiger partial charge is 0.283 e. The standard InChI is InChI=1S/C15H8Cl3F3N4/c16-9-3-8(19)5-22-10(9)6-25-13(18)12(14(20)21)24-15(25)7-1-2-11(17)23-4-7/h1-5,14H,6H2. The minimum Gasteiger partial charge on any atom is -0.308 e. The van der Waals surface area contributed by atoms with Crippen LogP contribution in [0.4, 0.5) is 13.2 Å². The van der Waals surface area contributed by atoms with Crippen molar-refractivity contribution >= 4 is 34.8 Å². The Kier molecular flexibility index (Phi) is 5.17. The Morgan fingerprint density at radius 2 is 1.84 bits per heavy atom. The molecule has 0 aliphatic rings. The summed E-state index contributed by atoms with van der Waals surface area (Å²) in [6, 6.07) is 4.14. The van der Waals surface area contributed by atoms with Crippen LogP contribution in [0.15, 0.2) is 30.6 Å². The summed E-state index contributed by atoms with van der Waals surface area (Å²) in [6.07, 6.45) is -0.514. The summed E-state index contributed by atoms with van der Waals surface area (Å²) in [4.78, 5) is 11.7. The number of pyridine rings is 2. The molecule has 0 unspecified atom stereocenters. The van der Waals surface area contributed by atoms with Crippen molar-refractivity contribution in [1.29, 1.82) is 0 Å². The predicted octanol–water partition coefficient (Wildman–Crippen LogP) is 5.43. The van der Waals surface area contributed by atoms with Crippen LogP contribution >= 0.6 is 34.8 Å². The van der Waals surface area contributed by atoms with Crippen LogP contribution in [0, 0.1) is 5.82 Å². The monoisotopic (exact) mass is 406 g/mol. The summed E-state index contributed by atoms with van der Waals surface area (Å²) in [6.45, 7) is -0.0738. The summed E-state index contributed by atoms with van der Waals surface area (Å²) >= 11 is 17.8. The van der Waals surface area contributed by atoms with E-state index in [1.165, 1.54) is 16.8 Å². The molecular formula is C15H8Cl3F3N4. The molecule has 10 heteroatoms. The van der Waals surface area contributed by atoms with E-state index in [0.717, 1.165) is 12.3 Å². The summed E-state index contributed by atoms with van der Waals surface area (Å²) in [5, 5.41) is 0.0240. The highest BCUT2D eigenvalue weighted by Crippen LogP contribution is 2.33. The van der Waals surface area contributed by atoms with Crippen molar-refractivity contribution in [3.8, 4) is 11.4 Å². The lowest BCUT2D eigenvalue weighted by molar-refractivity contribution is 0.146. The van der Waals surface area contributed by atoms with Gasteiger partial charge in [-0.05, 0) is 18.2 Å².